The second-order valence-electron chi connectivity index (χ2n) is 4.88. The lowest BCUT2D eigenvalue weighted by Crippen LogP contribution is -1.95. The van der Waals surface area contributed by atoms with Crippen molar-refractivity contribution in [2.75, 3.05) is 13.2 Å². The summed E-state index contributed by atoms with van der Waals surface area (Å²) < 4.78 is 17.6. The van der Waals surface area contributed by atoms with Crippen molar-refractivity contribution < 1.29 is 23.9 Å². The number of carboxylic acids is 1. The number of benzene rings is 1. The molecule has 1 aromatic carbocycles. The van der Waals surface area contributed by atoms with Gasteiger partial charge >= 0.3 is 5.97 Å². The van der Waals surface area contributed by atoms with Crippen molar-refractivity contribution in [3.8, 4) is 22.8 Å². The minimum absolute atomic E-state index is 0.118. The summed E-state index contributed by atoms with van der Waals surface area (Å²) in [6, 6.07) is 1.42. The van der Waals surface area contributed by atoms with Crippen molar-refractivity contribution in [2.24, 2.45) is 0 Å². The number of halogens is 1. The largest absolute Gasteiger partial charge is 0.492 e. The first-order chi connectivity index (χ1) is 10.2. The molecule has 2 aromatic rings. The van der Waals surface area contributed by atoms with E-state index in [2.05, 4.69) is 21.1 Å². The summed E-state index contributed by atoms with van der Waals surface area (Å²) in [6.07, 6.45) is 1.50. The number of nitrogens with zero attached hydrogens (tertiary/aromatic N) is 1. The Balaban J connectivity index is 1.98. The minimum Gasteiger partial charge on any atom is -0.492 e. The van der Waals surface area contributed by atoms with Gasteiger partial charge in [-0.05, 0) is 15.9 Å². The molecular formula is C14H10BrNO5. The van der Waals surface area contributed by atoms with Crippen LogP contribution in [0.4, 0.5) is 0 Å². The van der Waals surface area contributed by atoms with E-state index >= 15 is 0 Å². The second-order valence-corrected chi connectivity index (χ2v) is 5.68. The fourth-order valence-corrected chi connectivity index (χ4v) is 3.54. The molecule has 4 rings (SSSR count). The van der Waals surface area contributed by atoms with Crippen LogP contribution < -0.4 is 9.47 Å². The zero-order valence-electron chi connectivity index (χ0n) is 10.8. The van der Waals surface area contributed by atoms with Gasteiger partial charge in [-0.15, -0.1) is 0 Å². The number of aromatic carboxylic acids is 1. The molecule has 0 unspecified atom stereocenters. The second kappa shape index (κ2) is 4.49. The van der Waals surface area contributed by atoms with Crippen LogP contribution in [-0.4, -0.2) is 29.4 Å². The third kappa shape index (κ3) is 1.77. The number of ether oxygens (including phenoxy) is 2. The van der Waals surface area contributed by atoms with Crippen LogP contribution in [0.15, 0.2) is 15.1 Å². The van der Waals surface area contributed by atoms with Crippen molar-refractivity contribution >= 4 is 21.9 Å². The molecule has 6 nitrogen and oxygen atoms in total. The van der Waals surface area contributed by atoms with Crippen molar-refractivity contribution in [1.82, 2.24) is 5.16 Å². The van der Waals surface area contributed by atoms with E-state index in [4.69, 9.17) is 19.1 Å². The van der Waals surface area contributed by atoms with Gasteiger partial charge in [0.1, 0.15) is 11.5 Å². The third-order valence-corrected chi connectivity index (χ3v) is 4.55. The van der Waals surface area contributed by atoms with Gasteiger partial charge in [0.2, 0.25) is 0 Å². The number of hydrogen-bond donors (Lipinski definition) is 1. The summed E-state index contributed by atoms with van der Waals surface area (Å²) in [5.74, 6) is 0.814. The van der Waals surface area contributed by atoms with Crippen LogP contribution in [0.5, 0.6) is 11.5 Å². The average Bonchev–Trinajstić information content (AvgIpc) is 3.19. The van der Waals surface area contributed by atoms with Gasteiger partial charge in [0.15, 0.2) is 11.5 Å². The van der Waals surface area contributed by atoms with Crippen LogP contribution >= 0.6 is 15.9 Å². The molecule has 0 radical (unpaired) electrons. The number of aromatic nitrogens is 1. The molecule has 21 heavy (non-hydrogen) atoms. The van der Waals surface area contributed by atoms with E-state index in [1.54, 1.807) is 0 Å². The Morgan fingerprint density at radius 2 is 1.90 bits per heavy atom. The Morgan fingerprint density at radius 3 is 2.62 bits per heavy atom. The third-order valence-electron chi connectivity index (χ3n) is 3.71. The van der Waals surface area contributed by atoms with E-state index in [1.165, 1.54) is 6.07 Å². The SMILES string of the molecule is O=C(O)c1cc(-c2c3c(c(Br)c4c2OCC4)OCC3)on1. The highest BCUT2D eigenvalue weighted by Crippen LogP contribution is 2.51. The van der Waals surface area contributed by atoms with Crippen molar-refractivity contribution in [2.45, 2.75) is 12.8 Å². The molecule has 2 aliphatic rings. The lowest BCUT2D eigenvalue weighted by atomic mass is 9.97. The van der Waals surface area contributed by atoms with E-state index in [-0.39, 0.29) is 5.69 Å². The maximum Gasteiger partial charge on any atom is 0.358 e. The van der Waals surface area contributed by atoms with Crippen molar-refractivity contribution in [3.63, 3.8) is 0 Å². The Labute approximate surface area is 127 Å². The molecule has 2 aliphatic heterocycles. The summed E-state index contributed by atoms with van der Waals surface area (Å²) in [5, 5.41) is 12.6. The first kappa shape index (κ1) is 12.7. The Kier molecular flexibility index (Phi) is 2.72. The number of carboxylic acid groups (broad SMARTS) is 1. The van der Waals surface area contributed by atoms with Gasteiger partial charge in [0.05, 0.1) is 23.2 Å². The highest BCUT2D eigenvalue weighted by atomic mass is 79.9. The molecule has 108 valence electrons. The zero-order valence-corrected chi connectivity index (χ0v) is 12.4. The molecule has 0 spiro atoms. The van der Waals surface area contributed by atoms with Gasteiger partial charge in [-0.25, -0.2) is 4.79 Å². The average molecular weight is 352 g/mol. The van der Waals surface area contributed by atoms with Crippen LogP contribution in [0.2, 0.25) is 0 Å². The quantitative estimate of drug-likeness (QED) is 0.895. The molecule has 3 heterocycles. The summed E-state index contributed by atoms with van der Waals surface area (Å²) in [6.45, 7) is 1.17. The lowest BCUT2D eigenvalue weighted by Gasteiger charge is -2.12. The van der Waals surface area contributed by atoms with Gasteiger partial charge in [-0.3, -0.25) is 0 Å². The fourth-order valence-electron chi connectivity index (χ4n) is 2.81. The fraction of sp³-hybridized carbons (Fsp3) is 0.286. The van der Waals surface area contributed by atoms with Crippen LogP contribution in [0.3, 0.4) is 0 Å². The van der Waals surface area contributed by atoms with Gasteiger partial charge < -0.3 is 19.1 Å². The van der Waals surface area contributed by atoms with Gasteiger partial charge in [0.25, 0.3) is 0 Å². The molecule has 1 N–H and O–H groups in total. The van der Waals surface area contributed by atoms with Gasteiger partial charge in [-0.1, -0.05) is 5.16 Å². The first-order valence-electron chi connectivity index (χ1n) is 6.50. The summed E-state index contributed by atoms with van der Waals surface area (Å²) >= 11 is 3.57. The normalized spacial score (nSPS) is 15.3. The molecule has 0 fully saturated rings. The maximum atomic E-state index is 11.0. The number of hydrogen-bond acceptors (Lipinski definition) is 5. The van der Waals surface area contributed by atoms with Crippen LogP contribution in [0.1, 0.15) is 21.6 Å². The number of rotatable bonds is 2. The molecule has 0 saturated heterocycles. The van der Waals surface area contributed by atoms with Crippen molar-refractivity contribution in [1.29, 1.82) is 0 Å². The van der Waals surface area contributed by atoms with E-state index in [0.717, 1.165) is 45.5 Å². The molecule has 0 saturated carbocycles. The van der Waals surface area contributed by atoms with Crippen LogP contribution in [0.25, 0.3) is 11.3 Å². The molecule has 0 atom stereocenters. The minimum atomic E-state index is -1.12. The topological polar surface area (TPSA) is 81.8 Å². The summed E-state index contributed by atoms with van der Waals surface area (Å²) in [5.41, 5.74) is 2.64. The van der Waals surface area contributed by atoms with Gasteiger partial charge in [0, 0.05) is 30.0 Å². The Bertz CT molecular complexity index is 732. The van der Waals surface area contributed by atoms with Gasteiger partial charge in [-0.2, -0.15) is 0 Å². The molecule has 7 heteroatoms. The summed E-state index contributed by atoms with van der Waals surface area (Å²) in [7, 11) is 0. The highest BCUT2D eigenvalue weighted by Gasteiger charge is 2.33. The molecular weight excluding hydrogens is 342 g/mol. The van der Waals surface area contributed by atoms with Crippen molar-refractivity contribution in [3.05, 3.63) is 27.4 Å². The lowest BCUT2D eigenvalue weighted by molar-refractivity contribution is 0.0686. The van der Waals surface area contributed by atoms with E-state index in [9.17, 15) is 4.79 Å². The predicted octanol–water partition coefficient (Wildman–Crippen LogP) is 2.67. The molecule has 0 bridgehead atoms. The monoisotopic (exact) mass is 351 g/mol. The smallest absolute Gasteiger partial charge is 0.358 e. The zero-order chi connectivity index (χ0) is 14.6. The van der Waals surface area contributed by atoms with Crippen LogP contribution in [0, 0.1) is 0 Å². The Hall–Kier alpha value is -2.02. The maximum absolute atomic E-state index is 11.0. The van der Waals surface area contributed by atoms with E-state index < -0.39 is 5.97 Å². The van der Waals surface area contributed by atoms with E-state index in [1.807, 2.05) is 0 Å². The predicted molar refractivity (Wildman–Crippen MR) is 75.0 cm³/mol. The standard InChI is InChI=1S/C14H10BrNO5/c15-11-7-2-4-19-12(7)10(6-1-3-20-13(6)11)9-5-8(14(17)18)16-21-9/h5H,1-4H2,(H,17,18). The highest BCUT2D eigenvalue weighted by molar-refractivity contribution is 9.10. The number of carbonyl (C=O) groups is 1. The Morgan fingerprint density at radius 1 is 1.19 bits per heavy atom. The molecule has 0 aliphatic carbocycles. The molecule has 0 amide bonds. The summed E-state index contributed by atoms with van der Waals surface area (Å²) in [4.78, 5) is 11.0. The molecule has 1 aromatic heterocycles. The van der Waals surface area contributed by atoms with Crippen LogP contribution in [-0.2, 0) is 12.8 Å². The van der Waals surface area contributed by atoms with E-state index in [0.29, 0.717) is 19.0 Å². The number of fused-ring (bicyclic) bond motifs is 2. The first-order valence-corrected chi connectivity index (χ1v) is 7.29.